The summed E-state index contributed by atoms with van der Waals surface area (Å²) >= 11 is 5.97. The summed E-state index contributed by atoms with van der Waals surface area (Å²) in [6, 6.07) is 7.08. The van der Waals surface area contributed by atoms with Crippen LogP contribution in [0.15, 0.2) is 35.1 Å². The third-order valence-corrected chi connectivity index (χ3v) is 4.45. The van der Waals surface area contributed by atoms with Gasteiger partial charge < -0.3 is 9.26 Å². The molecule has 0 bridgehead atoms. The first-order chi connectivity index (χ1) is 13.5. The molecule has 0 aliphatic heterocycles. The molecule has 0 saturated heterocycles. The van der Waals surface area contributed by atoms with E-state index in [1.807, 2.05) is 19.9 Å². The predicted molar refractivity (Wildman–Crippen MR) is 98.5 cm³/mol. The number of esters is 1. The summed E-state index contributed by atoms with van der Waals surface area (Å²) in [6.45, 7) is 3.55. The third-order valence-electron chi connectivity index (χ3n) is 4.22. The van der Waals surface area contributed by atoms with E-state index < -0.39 is 5.97 Å². The smallest absolute Gasteiger partial charge is 0.310 e. The number of aryl methyl sites for hydroxylation is 2. The average Bonchev–Trinajstić information content (AvgIpc) is 3.33. The van der Waals surface area contributed by atoms with Crippen LogP contribution in [0.25, 0.3) is 17.2 Å². The lowest BCUT2D eigenvalue weighted by Gasteiger charge is -2.09. The number of carbonyl (C=O) groups is 1. The maximum absolute atomic E-state index is 12.3. The average molecular weight is 399 g/mol. The molecule has 0 unspecified atom stereocenters. The minimum Gasteiger partial charge on any atom is -0.455 e. The molecular weight excluding hydrogens is 384 g/mol. The second-order valence-electron chi connectivity index (χ2n) is 6.09. The number of nitrogens with zero attached hydrogens (tertiary/aromatic N) is 6. The largest absolute Gasteiger partial charge is 0.455 e. The lowest BCUT2D eigenvalue weighted by molar-refractivity contribution is -0.144. The third kappa shape index (κ3) is 3.56. The Hall–Kier alpha value is -3.33. The van der Waals surface area contributed by atoms with E-state index in [2.05, 4.69) is 25.2 Å². The number of aromatic nitrogens is 6. The lowest BCUT2D eigenvalue weighted by atomic mass is 10.1. The van der Waals surface area contributed by atoms with E-state index in [0.29, 0.717) is 27.9 Å². The highest BCUT2D eigenvalue weighted by atomic mass is 35.5. The SMILES string of the molecule is Cc1nc2ncnn2c(C)c1CC(=O)OCc1nc(-c2cccc(Cl)c2)no1. The van der Waals surface area contributed by atoms with Crippen molar-refractivity contribution in [3.63, 3.8) is 0 Å². The molecule has 0 radical (unpaired) electrons. The van der Waals surface area contributed by atoms with Crippen molar-refractivity contribution < 1.29 is 14.1 Å². The Morgan fingerprint density at radius 1 is 1.29 bits per heavy atom. The van der Waals surface area contributed by atoms with Crippen LogP contribution < -0.4 is 0 Å². The van der Waals surface area contributed by atoms with Gasteiger partial charge in [-0.3, -0.25) is 4.79 Å². The van der Waals surface area contributed by atoms with Gasteiger partial charge in [0.25, 0.3) is 11.7 Å². The fraction of sp³-hybridized carbons (Fsp3) is 0.222. The van der Waals surface area contributed by atoms with E-state index in [0.717, 1.165) is 11.3 Å². The molecule has 0 aliphatic carbocycles. The van der Waals surface area contributed by atoms with Gasteiger partial charge in [0.1, 0.15) is 6.33 Å². The Labute approximate surface area is 164 Å². The van der Waals surface area contributed by atoms with Gasteiger partial charge in [-0.2, -0.15) is 15.1 Å². The van der Waals surface area contributed by atoms with Gasteiger partial charge in [-0.25, -0.2) is 9.50 Å². The Morgan fingerprint density at radius 3 is 2.96 bits per heavy atom. The number of carbonyl (C=O) groups excluding carboxylic acids is 1. The number of rotatable bonds is 5. The minimum atomic E-state index is -0.435. The molecule has 0 aliphatic rings. The van der Waals surface area contributed by atoms with Crippen LogP contribution in [0, 0.1) is 13.8 Å². The van der Waals surface area contributed by atoms with Crippen LogP contribution in [0.2, 0.25) is 5.02 Å². The molecule has 3 heterocycles. The molecule has 0 fully saturated rings. The lowest BCUT2D eigenvalue weighted by Crippen LogP contribution is -2.13. The van der Waals surface area contributed by atoms with Gasteiger partial charge in [0, 0.05) is 27.5 Å². The van der Waals surface area contributed by atoms with Crippen LogP contribution in [-0.4, -0.2) is 35.7 Å². The van der Waals surface area contributed by atoms with E-state index in [9.17, 15) is 4.79 Å². The molecule has 0 saturated carbocycles. The molecule has 142 valence electrons. The molecular formula is C18H15ClN6O3. The highest BCUT2D eigenvalue weighted by molar-refractivity contribution is 6.30. The normalized spacial score (nSPS) is 11.1. The Kier molecular flexibility index (Phi) is 4.74. The number of hydrogen-bond donors (Lipinski definition) is 0. The van der Waals surface area contributed by atoms with Gasteiger partial charge in [-0.1, -0.05) is 28.9 Å². The summed E-state index contributed by atoms with van der Waals surface area (Å²) in [4.78, 5) is 24.9. The molecule has 0 N–H and O–H groups in total. The van der Waals surface area contributed by atoms with Crippen molar-refractivity contribution in [3.05, 3.63) is 58.5 Å². The van der Waals surface area contributed by atoms with Crippen molar-refractivity contribution in [2.24, 2.45) is 0 Å². The Bertz CT molecular complexity index is 1170. The quantitative estimate of drug-likeness (QED) is 0.472. The van der Waals surface area contributed by atoms with Gasteiger partial charge >= 0.3 is 5.97 Å². The topological polar surface area (TPSA) is 108 Å². The van der Waals surface area contributed by atoms with Crippen LogP contribution in [0.3, 0.4) is 0 Å². The summed E-state index contributed by atoms with van der Waals surface area (Å²) in [5.74, 6) is 0.629. The van der Waals surface area contributed by atoms with Crippen LogP contribution in [0.1, 0.15) is 22.8 Å². The molecule has 3 aromatic heterocycles. The highest BCUT2D eigenvalue weighted by Crippen LogP contribution is 2.20. The summed E-state index contributed by atoms with van der Waals surface area (Å²) in [6.07, 6.45) is 1.47. The van der Waals surface area contributed by atoms with E-state index in [4.69, 9.17) is 20.9 Å². The zero-order chi connectivity index (χ0) is 19.7. The van der Waals surface area contributed by atoms with Gasteiger partial charge in [0.15, 0.2) is 6.61 Å². The van der Waals surface area contributed by atoms with Crippen LogP contribution >= 0.6 is 11.6 Å². The van der Waals surface area contributed by atoms with Crippen LogP contribution in [0.5, 0.6) is 0 Å². The molecule has 0 spiro atoms. The van der Waals surface area contributed by atoms with Gasteiger partial charge in [0.2, 0.25) is 5.82 Å². The van der Waals surface area contributed by atoms with Gasteiger partial charge in [-0.05, 0) is 26.0 Å². The summed E-state index contributed by atoms with van der Waals surface area (Å²) in [5.41, 5.74) is 2.95. The first-order valence-corrected chi connectivity index (χ1v) is 8.79. The minimum absolute atomic E-state index is 0.0513. The van der Waals surface area contributed by atoms with Crippen molar-refractivity contribution >= 4 is 23.3 Å². The first kappa shape index (κ1) is 18.1. The first-order valence-electron chi connectivity index (χ1n) is 8.41. The predicted octanol–water partition coefficient (Wildman–Crippen LogP) is 2.73. The second-order valence-corrected chi connectivity index (χ2v) is 6.53. The zero-order valence-corrected chi connectivity index (χ0v) is 15.8. The Balaban J connectivity index is 1.43. The summed E-state index contributed by atoms with van der Waals surface area (Å²) in [7, 11) is 0. The van der Waals surface area contributed by atoms with E-state index in [1.54, 1.807) is 22.7 Å². The van der Waals surface area contributed by atoms with Crippen molar-refractivity contribution in [3.8, 4) is 11.4 Å². The molecule has 0 atom stereocenters. The molecule has 1 aromatic carbocycles. The number of benzene rings is 1. The molecule has 0 amide bonds. The van der Waals surface area contributed by atoms with Gasteiger partial charge in [0.05, 0.1) is 6.42 Å². The molecule has 4 aromatic rings. The maximum Gasteiger partial charge on any atom is 0.310 e. The van der Waals surface area contributed by atoms with Crippen molar-refractivity contribution in [1.82, 2.24) is 29.7 Å². The van der Waals surface area contributed by atoms with E-state index >= 15 is 0 Å². The fourth-order valence-corrected chi connectivity index (χ4v) is 3.00. The summed E-state index contributed by atoms with van der Waals surface area (Å²) < 4.78 is 12.0. The molecule has 9 nitrogen and oxygen atoms in total. The number of fused-ring (bicyclic) bond motifs is 1. The Morgan fingerprint density at radius 2 is 2.14 bits per heavy atom. The number of hydrogen-bond acceptors (Lipinski definition) is 8. The van der Waals surface area contributed by atoms with E-state index in [1.165, 1.54) is 6.33 Å². The molecule has 10 heteroatoms. The number of ether oxygens (including phenoxy) is 1. The maximum atomic E-state index is 12.3. The van der Waals surface area contributed by atoms with E-state index in [-0.39, 0.29) is 18.9 Å². The highest BCUT2D eigenvalue weighted by Gasteiger charge is 2.17. The van der Waals surface area contributed by atoms with Crippen LogP contribution in [0.4, 0.5) is 0 Å². The van der Waals surface area contributed by atoms with Crippen molar-refractivity contribution in [2.45, 2.75) is 26.9 Å². The van der Waals surface area contributed by atoms with Crippen LogP contribution in [-0.2, 0) is 22.6 Å². The van der Waals surface area contributed by atoms with Crippen molar-refractivity contribution in [2.75, 3.05) is 0 Å². The standard InChI is InChI=1S/C18H15ClN6O3/c1-10-14(11(2)25-18(22-10)20-9-21-25)7-16(26)27-8-15-23-17(24-28-15)12-4-3-5-13(19)6-12/h3-6,9H,7-8H2,1-2H3. The molecule has 28 heavy (non-hydrogen) atoms. The monoisotopic (exact) mass is 398 g/mol. The number of halogens is 1. The summed E-state index contributed by atoms with van der Waals surface area (Å²) in [5, 5.41) is 8.56. The van der Waals surface area contributed by atoms with Gasteiger partial charge in [-0.15, -0.1) is 0 Å². The fourth-order valence-electron chi connectivity index (χ4n) is 2.81. The van der Waals surface area contributed by atoms with Crippen molar-refractivity contribution in [1.29, 1.82) is 0 Å². The molecule has 4 rings (SSSR count). The second kappa shape index (κ2) is 7.35. The zero-order valence-electron chi connectivity index (χ0n) is 15.1.